The number of fused-ring (bicyclic) bond motifs is 3. The molecule has 3 aromatic heterocycles. The van der Waals surface area contributed by atoms with E-state index in [0.717, 1.165) is 73.9 Å². The first-order valence-corrected chi connectivity index (χ1v) is 16.1. The van der Waals surface area contributed by atoms with Crippen LogP contribution in [0.3, 0.4) is 0 Å². The molecule has 8 heteroatoms. The Morgan fingerprint density at radius 3 is 1.10 bits per heavy atom. The van der Waals surface area contributed by atoms with Crippen molar-refractivity contribution in [2.75, 3.05) is 0 Å². The molecule has 3 heterocycles. The smallest absolute Gasteiger partial charge is 0.150 e. The van der Waals surface area contributed by atoms with Gasteiger partial charge in [0.15, 0.2) is 0 Å². The fraction of sp³-hybridized carbons (Fsp3) is 0.0233. The number of carbonyl (C=O) groups excluding carboxylic acids is 2. The van der Waals surface area contributed by atoms with Gasteiger partial charge in [-0.2, -0.15) is 0 Å². The summed E-state index contributed by atoms with van der Waals surface area (Å²) in [6, 6.07) is 38.4. The molecule has 0 aliphatic carbocycles. The number of hydrogen-bond donors (Lipinski definition) is 0. The highest BCUT2D eigenvalue weighted by atomic mass is 16.1. The molecule has 0 amide bonds. The fourth-order valence-corrected chi connectivity index (χ4v) is 4.89. The molecular weight excluding hydrogens is 633 g/mol. The van der Waals surface area contributed by atoms with E-state index < -0.39 is 0 Å². The molecular formula is C43H32N6O2. The molecule has 8 aromatic rings. The van der Waals surface area contributed by atoms with Crippen molar-refractivity contribution in [2.45, 2.75) is 6.92 Å². The van der Waals surface area contributed by atoms with Crippen molar-refractivity contribution in [2.24, 2.45) is 0 Å². The van der Waals surface area contributed by atoms with E-state index >= 15 is 0 Å². The van der Waals surface area contributed by atoms with Crippen LogP contribution in [0.5, 0.6) is 0 Å². The van der Waals surface area contributed by atoms with Crippen molar-refractivity contribution in [1.82, 2.24) is 29.9 Å². The number of hydrogen-bond acceptors (Lipinski definition) is 8. The highest BCUT2D eigenvalue weighted by Gasteiger charge is 1.98. The first-order valence-electron chi connectivity index (χ1n) is 16.1. The van der Waals surface area contributed by atoms with Crippen LogP contribution in [0.2, 0.25) is 0 Å². The van der Waals surface area contributed by atoms with Gasteiger partial charge in [0.2, 0.25) is 0 Å². The van der Waals surface area contributed by atoms with Gasteiger partial charge in [-0.3, -0.25) is 24.5 Å². The summed E-state index contributed by atoms with van der Waals surface area (Å²) in [5.74, 6) is 0. The molecule has 0 aliphatic heterocycles. The van der Waals surface area contributed by atoms with Crippen molar-refractivity contribution in [3.8, 4) is 0 Å². The van der Waals surface area contributed by atoms with Crippen LogP contribution in [0.1, 0.15) is 48.9 Å². The number of rotatable bonds is 6. The lowest BCUT2D eigenvalue weighted by molar-refractivity contribution is 0.111. The zero-order valence-corrected chi connectivity index (χ0v) is 27.7. The summed E-state index contributed by atoms with van der Waals surface area (Å²) in [6.07, 6.45) is 14.9. The molecule has 246 valence electrons. The molecule has 0 saturated heterocycles. The normalized spacial score (nSPS) is 10.8. The molecule has 0 N–H and O–H groups in total. The van der Waals surface area contributed by atoms with Crippen LogP contribution in [0.25, 0.3) is 57.4 Å². The molecule has 0 unspecified atom stereocenters. The monoisotopic (exact) mass is 664 g/mol. The molecule has 0 fully saturated rings. The minimum absolute atomic E-state index is 0.589. The molecule has 5 aromatic carbocycles. The van der Waals surface area contributed by atoms with Crippen LogP contribution in [0, 0.1) is 6.92 Å². The Balaban J connectivity index is 0.000000173. The highest BCUT2D eigenvalue weighted by Crippen LogP contribution is 2.15. The Morgan fingerprint density at radius 1 is 0.373 bits per heavy atom. The largest absolute Gasteiger partial charge is 0.298 e. The molecule has 0 bridgehead atoms. The number of aldehydes is 2. The second-order valence-corrected chi connectivity index (χ2v) is 11.3. The third kappa shape index (κ3) is 9.52. The lowest BCUT2D eigenvalue weighted by atomic mass is 10.1. The quantitative estimate of drug-likeness (QED) is 0.162. The maximum atomic E-state index is 10.1. The fourth-order valence-electron chi connectivity index (χ4n) is 4.89. The number of nitrogens with zero attached hydrogens (tertiary/aromatic N) is 6. The van der Waals surface area contributed by atoms with E-state index in [1.807, 2.05) is 104 Å². The minimum Gasteiger partial charge on any atom is -0.298 e. The van der Waals surface area contributed by atoms with Crippen molar-refractivity contribution >= 4 is 70.0 Å². The van der Waals surface area contributed by atoms with E-state index in [9.17, 15) is 9.59 Å². The molecule has 0 atom stereocenters. The number of aryl methyl sites for hydroxylation is 1. The van der Waals surface area contributed by atoms with E-state index in [0.29, 0.717) is 11.1 Å². The van der Waals surface area contributed by atoms with Crippen LogP contribution in [0.15, 0.2) is 140 Å². The Labute approximate surface area is 295 Å². The molecule has 0 spiro atoms. The first kappa shape index (κ1) is 33.8. The van der Waals surface area contributed by atoms with E-state index in [1.165, 1.54) is 0 Å². The number of carbonyl (C=O) groups is 2. The zero-order valence-electron chi connectivity index (χ0n) is 27.7. The van der Waals surface area contributed by atoms with Gasteiger partial charge in [0.1, 0.15) is 12.6 Å². The highest BCUT2D eigenvalue weighted by molar-refractivity contribution is 5.80. The van der Waals surface area contributed by atoms with Gasteiger partial charge < -0.3 is 0 Å². The predicted molar refractivity (Wildman–Crippen MR) is 205 cm³/mol. The van der Waals surface area contributed by atoms with Gasteiger partial charge >= 0.3 is 0 Å². The summed E-state index contributed by atoms with van der Waals surface area (Å²) in [5.41, 5.74) is 11.6. The standard InChI is InChI=1S/C26H18N4.C9H8N2.C8H6O2/c1-3-7-25-23(5-1)27-17-21(29-25)15-13-19-9-11-20(12-10-19)14-16-22-18-28-24-6-2-4-8-26(24)30-22;1-7-6-10-8-4-2-3-5-9(8)11-7;9-5-7-1-2-8(6-10)4-3-7/h1-18H;2-6H,1H3;1-6H/b15-13+,16-14+;;. The molecule has 0 saturated carbocycles. The van der Waals surface area contributed by atoms with Gasteiger partial charge in [0.05, 0.1) is 62.6 Å². The van der Waals surface area contributed by atoms with Crippen molar-refractivity contribution < 1.29 is 9.59 Å². The molecule has 0 radical (unpaired) electrons. The van der Waals surface area contributed by atoms with Crippen molar-refractivity contribution in [3.05, 3.63) is 179 Å². The maximum absolute atomic E-state index is 10.1. The Hall–Kier alpha value is -7.06. The van der Waals surface area contributed by atoms with Crippen LogP contribution in [0.4, 0.5) is 0 Å². The lowest BCUT2D eigenvalue weighted by Gasteiger charge is -1.99. The Kier molecular flexibility index (Phi) is 11.2. The third-order valence-electron chi connectivity index (χ3n) is 7.54. The predicted octanol–water partition coefficient (Wildman–Crippen LogP) is 9.16. The molecule has 8 nitrogen and oxygen atoms in total. The van der Waals surface area contributed by atoms with Crippen molar-refractivity contribution in [3.63, 3.8) is 0 Å². The SMILES string of the molecule is C(=C\c1cnc2ccccc2n1)/c1ccc(/C=C/c2cnc3ccccc3n2)cc1.Cc1cnc2ccccc2n1.O=Cc1ccc(C=O)cc1. The zero-order chi connectivity index (χ0) is 35.3. The summed E-state index contributed by atoms with van der Waals surface area (Å²) in [4.78, 5) is 46.9. The van der Waals surface area contributed by atoms with E-state index in [-0.39, 0.29) is 0 Å². The number of para-hydroxylation sites is 6. The molecule has 51 heavy (non-hydrogen) atoms. The molecule has 8 rings (SSSR count). The van der Waals surface area contributed by atoms with Gasteiger partial charge in [-0.05, 0) is 66.6 Å². The first-order chi connectivity index (χ1) is 25.1. The van der Waals surface area contributed by atoms with Crippen LogP contribution >= 0.6 is 0 Å². The Bertz CT molecular complexity index is 2340. The Morgan fingerprint density at radius 2 is 0.706 bits per heavy atom. The van der Waals surface area contributed by atoms with Crippen LogP contribution in [-0.4, -0.2) is 42.5 Å². The second-order valence-electron chi connectivity index (χ2n) is 11.3. The van der Waals surface area contributed by atoms with E-state index in [2.05, 4.69) is 54.2 Å². The average molecular weight is 665 g/mol. The maximum Gasteiger partial charge on any atom is 0.150 e. The molecule has 0 aliphatic rings. The van der Waals surface area contributed by atoms with Gasteiger partial charge in [0, 0.05) is 17.3 Å². The van der Waals surface area contributed by atoms with Crippen LogP contribution < -0.4 is 0 Å². The second kappa shape index (κ2) is 16.9. The van der Waals surface area contributed by atoms with E-state index in [4.69, 9.17) is 0 Å². The topological polar surface area (TPSA) is 111 Å². The van der Waals surface area contributed by atoms with Gasteiger partial charge in [-0.25, -0.2) is 15.0 Å². The summed E-state index contributed by atoms with van der Waals surface area (Å²) in [5, 5.41) is 0. The third-order valence-corrected chi connectivity index (χ3v) is 7.54. The number of benzene rings is 5. The van der Waals surface area contributed by atoms with Crippen molar-refractivity contribution in [1.29, 1.82) is 0 Å². The van der Waals surface area contributed by atoms with Gasteiger partial charge in [-0.15, -0.1) is 0 Å². The average Bonchev–Trinajstić information content (AvgIpc) is 3.20. The summed E-state index contributed by atoms with van der Waals surface area (Å²) in [6.45, 7) is 1.94. The summed E-state index contributed by atoms with van der Waals surface area (Å²) >= 11 is 0. The lowest BCUT2D eigenvalue weighted by Crippen LogP contribution is -1.86. The van der Waals surface area contributed by atoms with Gasteiger partial charge in [-0.1, -0.05) is 97.1 Å². The minimum atomic E-state index is 0.589. The summed E-state index contributed by atoms with van der Waals surface area (Å²) < 4.78 is 0. The van der Waals surface area contributed by atoms with Crippen LogP contribution in [-0.2, 0) is 0 Å². The number of aromatic nitrogens is 6. The van der Waals surface area contributed by atoms with E-state index in [1.54, 1.807) is 42.9 Å². The summed E-state index contributed by atoms with van der Waals surface area (Å²) in [7, 11) is 0. The van der Waals surface area contributed by atoms with Gasteiger partial charge in [0.25, 0.3) is 0 Å².